The van der Waals surface area contributed by atoms with Crippen LogP contribution in [-0.4, -0.2) is 33.6 Å². The molecule has 0 bridgehead atoms. The molecule has 2 aromatic rings. The fraction of sp³-hybridized carbons (Fsp3) is 0.500. The predicted octanol–water partition coefficient (Wildman–Crippen LogP) is 1.76. The molecule has 2 aromatic heterocycles. The molecule has 1 aliphatic rings. The Hall–Kier alpha value is -1.84. The monoisotopic (exact) mass is 334 g/mol. The largest absolute Gasteiger partial charge is 0.390 e. The standard InChI is InChI=1S/C12H13F3N4O2S/c13-12(14,15)4-5-18-8-10(6-16-18)22(20,21)19-7-9-2-1-3-11(9)17-19/h6-8H,1-5H2. The molecular weight excluding hydrogens is 321 g/mol. The molecule has 0 amide bonds. The Balaban J connectivity index is 1.82. The van der Waals surface area contributed by atoms with Gasteiger partial charge in [-0.15, -0.1) is 0 Å². The zero-order valence-corrected chi connectivity index (χ0v) is 12.2. The zero-order valence-electron chi connectivity index (χ0n) is 11.4. The number of alkyl halides is 3. The minimum atomic E-state index is -4.31. The molecule has 0 aromatic carbocycles. The molecule has 0 atom stereocenters. The first kappa shape index (κ1) is 15.1. The average Bonchev–Trinajstić information content (AvgIpc) is 3.10. The highest BCUT2D eigenvalue weighted by atomic mass is 32.2. The zero-order chi connectivity index (χ0) is 16.0. The van der Waals surface area contributed by atoms with Gasteiger partial charge >= 0.3 is 6.18 Å². The molecule has 6 nitrogen and oxygen atoms in total. The van der Waals surface area contributed by atoms with Crippen LogP contribution in [0, 0.1) is 0 Å². The lowest BCUT2D eigenvalue weighted by Gasteiger charge is -2.05. The second-order valence-electron chi connectivity index (χ2n) is 5.14. The lowest BCUT2D eigenvalue weighted by Crippen LogP contribution is -2.14. The van der Waals surface area contributed by atoms with E-state index in [0.29, 0.717) is 0 Å². The summed E-state index contributed by atoms with van der Waals surface area (Å²) < 4.78 is 63.1. The topological polar surface area (TPSA) is 69.8 Å². The van der Waals surface area contributed by atoms with Crippen LogP contribution in [0.3, 0.4) is 0 Å². The van der Waals surface area contributed by atoms with E-state index >= 15 is 0 Å². The van der Waals surface area contributed by atoms with Gasteiger partial charge in [0.2, 0.25) is 0 Å². The van der Waals surface area contributed by atoms with Gasteiger partial charge in [0.25, 0.3) is 10.0 Å². The summed E-state index contributed by atoms with van der Waals surface area (Å²) in [5, 5.41) is 7.72. The van der Waals surface area contributed by atoms with Crippen LogP contribution in [0.1, 0.15) is 24.1 Å². The van der Waals surface area contributed by atoms with Crippen LogP contribution in [-0.2, 0) is 29.4 Å². The van der Waals surface area contributed by atoms with E-state index in [2.05, 4.69) is 10.2 Å². The molecule has 0 fully saturated rings. The maximum atomic E-state index is 12.4. The van der Waals surface area contributed by atoms with Gasteiger partial charge in [0.15, 0.2) is 0 Å². The first-order valence-electron chi connectivity index (χ1n) is 6.68. The summed E-state index contributed by atoms with van der Waals surface area (Å²) in [6.07, 6.45) is 0.696. The van der Waals surface area contributed by atoms with Gasteiger partial charge in [0.05, 0.1) is 18.3 Å². The van der Waals surface area contributed by atoms with E-state index in [9.17, 15) is 21.6 Å². The van der Waals surface area contributed by atoms with Gasteiger partial charge in [0, 0.05) is 18.9 Å². The van der Waals surface area contributed by atoms with E-state index in [1.165, 1.54) is 6.20 Å². The Morgan fingerprint density at radius 1 is 1.23 bits per heavy atom. The second-order valence-corrected chi connectivity index (χ2v) is 6.93. The summed E-state index contributed by atoms with van der Waals surface area (Å²) in [6.45, 7) is -0.422. The van der Waals surface area contributed by atoms with E-state index in [0.717, 1.165) is 51.7 Å². The number of rotatable bonds is 4. The molecule has 2 heterocycles. The summed E-state index contributed by atoms with van der Waals surface area (Å²) in [7, 11) is -3.91. The van der Waals surface area contributed by atoms with Gasteiger partial charge < -0.3 is 0 Å². The molecule has 0 spiro atoms. The Bertz CT molecular complexity index is 770. The molecule has 0 aliphatic heterocycles. The number of aromatic nitrogens is 4. The highest BCUT2D eigenvalue weighted by Gasteiger charge is 2.28. The number of aryl methyl sites for hydroxylation is 3. The van der Waals surface area contributed by atoms with E-state index in [-0.39, 0.29) is 4.90 Å². The van der Waals surface area contributed by atoms with Crippen LogP contribution in [0.15, 0.2) is 23.5 Å². The van der Waals surface area contributed by atoms with Crippen LogP contribution in [0.4, 0.5) is 13.2 Å². The van der Waals surface area contributed by atoms with Crippen molar-refractivity contribution in [2.75, 3.05) is 0 Å². The van der Waals surface area contributed by atoms with E-state index in [4.69, 9.17) is 0 Å². The van der Waals surface area contributed by atoms with E-state index < -0.39 is 29.2 Å². The predicted molar refractivity (Wildman–Crippen MR) is 69.7 cm³/mol. The quantitative estimate of drug-likeness (QED) is 0.854. The number of fused-ring (bicyclic) bond motifs is 1. The van der Waals surface area contributed by atoms with Crippen molar-refractivity contribution in [2.24, 2.45) is 0 Å². The summed E-state index contributed by atoms with van der Waals surface area (Å²) in [5.41, 5.74) is 1.65. The smallest absolute Gasteiger partial charge is 0.271 e. The Labute approximate surface area is 124 Å². The van der Waals surface area contributed by atoms with Crippen LogP contribution >= 0.6 is 0 Å². The minimum Gasteiger partial charge on any atom is -0.271 e. The fourth-order valence-corrected chi connectivity index (χ4v) is 3.48. The molecule has 120 valence electrons. The lowest BCUT2D eigenvalue weighted by molar-refractivity contribution is -0.137. The van der Waals surface area contributed by atoms with Gasteiger partial charge in [-0.3, -0.25) is 4.68 Å². The minimum absolute atomic E-state index is 0.171. The summed E-state index contributed by atoms with van der Waals surface area (Å²) in [5.74, 6) is 0. The molecule has 0 N–H and O–H groups in total. The van der Waals surface area contributed by atoms with Crippen LogP contribution in [0.25, 0.3) is 0 Å². The molecule has 0 radical (unpaired) electrons. The molecule has 3 rings (SSSR count). The summed E-state index contributed by atoms with van der Waals surface area (Å²) >= 11 is 0. The third-order valence-electron chi connectivity index (χ3n) is 3.49. The maximum absolute atomic E-state index is 12.4. The van der Waals surface area contributed by atoms with Crippen molar-refractivity contribution in [1.82, 2.24) is 19.0 Å². The van der Waals surface area contributed by atoms with Crippen molar-refractivity contribution < 1.29 is 21.6 Å². The first-order valence-corrected chi connectivity index (χ1v) is 8.12. The number of hydrogen-bond acceptors (Lipinski definition) is 4. The van der Waals surface area contributed by atoms with Crippen molar-refractivity contribution in [3.63, 3.8) is 0 Å². The Morgan fingerprint density at radius 2 is 2.00 bits per heavy atom. The van der Waals surface area contributed by atoms with Gasteiger partial charge in [-0.1, -0.05) is 0 Å². The SMILES string of the molecule is O=S(=O)(c1cnn(CCC(F)(F)F)c1)n1cc2c(n1)CCC2. The number of nitrogens with zero attached hydrogens (tertiary/aromatic N) is 4. The number of hydrogen-bond donors (Lipinski definition) is 0. The number of halogens is 3. The van der Waals surface area contributed by atoms with Crippen molar-refractivity contribution >= 4 is 10.0 Å². The normalized spacial score (nSPS) is 15.2. The molecule has 1 aliphatic carbocycles. The van der Waals surface area contributed by atoms with Crippen molar-refractivity contribution in [1.29, 1.82) is 0 Å². The highest BCUT2D eigenvalue weighted by molar-refractivity contribution is 7.89. The van der Waals surface area contributed by atoms with Crippen LogP contribution in [0.2, 0.25) is 0 Å². The van der Waals surface area contributed by atoms with Crippen LogP contribution in [0.5, 0.6) is 0 Å². The highest BCUT2D eigenvalue weighted by Crippen LogP contribution is 2.23. The van der Waals surface area contributed by atoms with Gasteiger partial charge in [-0.2, -0.15) is 35.9 Å². The maximum Gasteiger partial charge on any atom is 0.390 e. The summed E-state index contributed by atoms with van der Waals surface area (Å²) in [6, 6.07) is 0. The van der Waals surface area contributed by atoms with Crippen molar-refractivity contribution in [3.05, 3.63) is 29.8 Å². The lowest BCUT2D eigenvalue weighted by atomic mass is 10.3. The molecule has 0 unspecified atom stereocenters. The fourth-order valence-electron chi connectivity index (χ4n) is 2.36. The van der Waals surface area contributed by atoms with Gasteiger partial charge in [-0.25, -0.2) is 0 Å². The molecule has 0 saturated heterocycles. The molecule has 10 heteroatoms. The molecular formula is C12H13F3N4O2S. The van der Waals surface area contributed by atoms with Crippen molar-refractivity contribution in [3.8, 4) is 0 Å². The summed E-state index contributed by atoms with van der Waals surface area (Å²) in [4.78, 5) is -0.171. The first-order chi connectivity index (χ1) is 10.3. The van der Waals surface area contributed by atoms with Crippen LogP contribution < -0.4 is 0 Å². The van der Waals surface area contributed by atoms with E-state index in [1.54, 1.807) is 0 Å². The molecule has 0 saturated carbocycles. The Kier molecular flexibility index (Phi) is 3.50. The third-order valence-corrected chi connectivity index (χ3v) is 4.98. The second kappa shape index (κ2) is 5.11. The average molecular weight is 334 g/mol. The third kappa shape index (κ3) is 2.87. The molecule has 22 heavy (non-hydrogen) atoms. The Morgan fingerprint density at radius 3 is 2.68 bits per heavy atom. The van der Waals surface area contributed by atoms with Gasteiger partial charge in [0.1, 0.15) is 4.90 Å². The van der Waals surface area contributed by atoms with E-state index in [1.807, 2.05) is 0 Å². The van der Waals surface area contributed by atoms with Crippen molar-refractivity contribution in [2.45, 2.75) is 43.3 Å². The van der Waals surface area contributed by atoms with Gasteiger partial charge in [-0.05, 0) is 24.8 Å².